The molecular weight excluding hydrogens is 280 g/mol. The molecule has 6 nitrogen and oxygen atoms in total. The molecule has 1 saturated heterocycles. The van der Waals surface area contributed by atoms with E-state index in [2.05, 4.69) is 15.5 Å². The molecule has 22 heavy (non-hydrogen) atoms. The van der Waals surface area contributed by atoms with E-state index in [1.807, 2.05) is 30.3 Å². The predicted octanol–water partition coefficient (Wildman–Crippen LogP) is 1.56. The maximum atomic E-state index is 12.5. The number of nitrogens with one attached hydrogen (secondary N) is 1. The summed E-state index contributed by atoms with van der Waals surface area (Å²) in [5, 5.41) is 11.4. The Morgan fingerprint density at radius 1 is 1.23 bits per heavy atom. The van der Waals surface area contributed by atoms with E-state index in [4.69, 9.17) is 4.74 Å². The lowest BCUT2D eigenvalue weighted by Crippen LogP contribution is -2.38. The minimum absolute atomic E-state index is 0.0329. The SMILES string of the molecule is O=C(NC(Cn1nccn1)c1ccccc1)C1CCOCC1. The van der Waals surface area contributed by atoms with E-state index in [1.165, 1.54) is 0 Å². The quantitative estimate of drug-likeness (QED) is 0.910. The van der Waals surface area contributed by atoms with Gasteiger partial charge in [0, 0.05) is 19.1 Å². The van der Waals surface area contributed by atoms with E-state index >= 15 is 0 Å². The molecule has 1 aromatic heterocycles. The molecule has 0 spiro atoms. The number of nitrogens with zero attached hydrogens (tertiary/aromatic N) is 3. The Morgan fingerprint density at radius 2 is 1.91 bits per heavy atom. The molecular formula is C16H20N4O2. The van der Waals surface area contributed by atoms with Gasteiger partial charge in [0.05, 0.1) is 25.0 Å². The van der Waals surface area contributed by atoms with Gasteiger partial charge in [-0.3, -0.25) is 4.79 Å². The van der Waals surface area contributed by atoms with Gasteiger partial charge in [0.2, 0.25) is 5.91 Å². The van der Waals surface area contributed by atoms with Gasteiger partial charge >= 0.3 is 0 Å². The average Bonchev–Trinajstić information content (AvgIpc) is 3.09. The molecule has 1 aromatic carbocycles. The van der Waals surface area contributed by atoms with Crippen LogP contribution in [0.2, 0.25) is 0 Å². The van der Waals surface area contributed by atoms with E-state index in [-0.39, 0.29) is 17.9 Å². The second-order valence-corrected chi connectivity index (χ2v) is 5.44. The van der Waals surface area contributed by atoms with Crippen molar-refractivity contribution < 1.29 is 9.53 Å². The molecule has 1 fully saturated rings. The summed E-state index contributed by atoms with van der Waals surface area (Å²) in [7, 11) is 0. The lowest BCUT2D eigenvalue weighted by Gasteiger charge is -2.25. The molecule has 1 aliphatic heterocycles. The molecule has 0 aliphatic carbocycles. The third kappa shape index (κ3) is 3.71. The maximum absolute atomic E-state index is 12.5. The third-order valence-electron chi connectivity index (χ3n) is 3.92. The predicted molar refractivity (Wildman–Crippen MR) is 80.9 cm³/mol. The van der Waals surface area contributed by atoms with Gasteiger partial charge in [-0.05, 0) is 18.4 Å². The first-order chi connectivity index (χ1) is 10.8. The molecule has 2 heterocycles. The molecule has 6 heteroatoms. The highest BCUT2D eigenvalue weighted by atomic mass is 16.5. The lowest BCUT2D eigenvalue weighted by atomic mass is 9.98. The van der Waals surface area contributed by atoms with Crippen LogP contribution in [0.15, 0.2) is 42.7 Å². The van der Waals surface area contributed by atoms with Crippen LogP contribution in [0, 0.1) is 5.92 Å². The van der Waals surface area contributed by atoms with Crippen LogP contribution in [0.4, 0.5) is 0 Å². The molecule has 0 saturated carbocycles. The summed E-state index contributed by atoms with van der Waals surface area (Å²) in [6.45, 7) is 1.84. The Bertz CT molecular complexity index is 579. The van der Waals surface area contributed by atoms with Gasteiger partial charge in [-0.25, -0.2) is 0 Å². The second-order valence-electron chi connectivity index (χ2n) is 5.44. The number of hydrogen-bond donors (Lipinski definition) is 1. The van der Waals surface area contributed by atoms with Crippen LogP contribution >= 0.6 is 0 Å². The van der Waals surface area contributed by atoms with E-state index in [1.54, 1.807) is 17.2 Å². The lowest BCUT2D eigenvalue weighted by molar-refractivity contribution is -0.128. The van der Waals surface area contributed by atoms with Gasteiger partial charge in [-0.2, -0.15) is 15.0 Å². The summed E-state index contributed by atoms with van der Waals surface area (Å²) in [6, 6.07) is 9.80. The highest BCUT2D eigenvalue weighted by Gasteiger charge is 2.24. The normalized spacial score (nSPS) is 17.1. The number of rotatable bonds is 5. The summed E-state index contributed by atoms with van der Waals surface area (Å²) in [5.74, 6) is 0.120. The standard InChI is InChI=1S/C16H20N4O2/c21-16(14-6-10-22-11-7-14)19-15(12-20-17-8-9-18-20)13-4-2-1-3-5-13/h1-5,8-9,14-15H,6-7,10-12H2,(H,19,21). The Balaban J connectivity index is 1.71. The Kier molecular flexibility index (Phi) is 4.80. The van der Waals surface area contributed by atoms with Crippen molar-refractivity contribution in [1.29, 1.82) is 0 Å². The van der Waals surface area contributed by atoms with E-state index < -0.39 is 0 Å². The second kappa shape index (κ2) is 7.17. The van der Waals surface area contributed by atoms with Gasteiger partial charge in [0.15, 0.2) is 0 Å². The monoisotopic (exact) mass is 300 g/mol. The smallest absolute Gasteiger partial charge is 0.223 e. The minimum Gasteiger partial charge on any atom is -0.381 e. The topological polar surface area (TPSA) is 69.0 Å². The Labute approximate surface area is 129 Å². The number of amides is 1. The number of ether oxygens (including phenoxy) is 1. The van der Waals surface area contributed by atoms with E-state index in [0.717, 1.165) is 18.4 Å². The van der Waals surface area contributed by atoms with Gasteiger partial charge in [0.1, 0.15) is 0 Å². The number of carbonyl (C=O) groups excluding carboxylic acids is 1. The van der Waals surface area contributed by atoms with Crippen LogP contribution in [0.3, 0.4) is 0 Å². The molecule has 1 aliphatic rings. The molecule has 0 radical (unpaired) electrons. The largest absolute Gasteiger partial charge is 0.381 e. The summed E-state index contributed by atoms with van der Waals surface area (Å²) >= 11 is 0. The van der Waals surface area contributed by atoms with Crippen molar-refractivity contribution in [2.24, 2.45) is 5.92 Å². The summed E-state index contributed by atoms with van der Waals surface area (Å²) in [4.78, 5) is 14.1. The first-order valence-electron chi connectivity index (χ1n) is 7.60. The first-order valence-corrected chi connectivity index (χ1v) is 7.60. The zero-order valence-electron chi connectivity index (χ0n) is 12.4. The fourth-order valence-corrected chi connectivity index (χ4v) is 2.67. The zero-order chi connectivity index (χ0) is 15.2. The van der Waals surface area contributed by atoms with Gasteiger partial charge in [-0.1, -0.05) is 30.3 Å². The van der Waals surface area contributed by atoms with Crippen LogP contribution < -0.4 is 5.32 Å². The van der Waals surface area contributed by atoms with Crippen LogP contribution in [-0.4, -0.2) is 34.1 Å². The molecule has 2 aromatic rings. The van der Waals surface area contributed by atoms with Crippen molar-refractivity contribution in [3.63, 3.8) is 0 Å². The van der Waals surface area contributed by atoms with Crippen molar-refractivity contribution in [1.82, 2.24) is 20.3 Å². The highest BCUT2D eigenvalue weighted by Crippen LogP contribution is 2.19. The van der Waals surface area contributed by atoms with Crippen molar-refractivity contribution >= 4 is 5.91 Å². The molecule has 0 bridgehead atoms. The third-order valence-corrected chi connectivity index (χ3v) is 3.92. The Hall–Kier alpha value is -2.21. The fraction of sp³-hybridized carbons (Fsp3) is 0.438. The van der Waals surface area contributed by atoms with Crippen LogP contribution in [0.25, 0.3) is 0 Å². The summed E-state index contributed by atoms with van der Waals surface area (Å²) in [6.07, 6.45) is 4.85. The van der Waals surface area contributed by atoms with Gasteiger partial charge in [0.25, 0.3) is 0 Å². The molecule has 1 unspecified atom stereocenters. The molecule has 116 valence electrons. The summed E-state index contributed by atoms with van der Waals surface area (Å²) in [5.41, 5.74) is 1.06. The van der Waals surface area contributed by atoms with Crippen molar-refractivity contribution in [3.05, 3.63) is 48.3 Å². The Morgan fingerprint density at radius 3 is 2.59 bits per heavy atom. The number of hydrogen-bond acceptors (Lipinski definition) is 4. The molecule has 1 amide bonds. The zero-order valence-corrected chi connectivity index (χ0v) is 12.4. The van der Waals surface area contributed by atoms with Crippen LogP contribution in [0.5, 0.6) is 0 Å². The van der Waals surface area contributed by atoms with E-state index in [0.29, 0.717) is 19.8 Å². The number of carbonyl (C=O) groups is 1. The van der Waals surface area contributed by atoms with Crippen LogP contribution in [0.1, 0.15) is 24.4 Å². The van der Waals surface area contributed by atoms with Gasteiger partial charge in [-0.15, -0.1) is 0 Å². The minimum atomic E-state index is -0.135. The highest BCUT2D eigenvalue weighted by molar-refractivity contribution is 5.79. The summed E-state index contributed by atoms with van der Waals surface area (Å²) < 4.78 is 5.32. The number of benzene rings is 1. The van der Waals surface area contributed by atoms with Gasteiger partial charge < -0.3 is 10.1 Å². The fourth-order valence-electron chi connectivity index (χ4n) is 2.67. The molecule has 1 atom stereocenters. The maximum Gasteiger partial charge on any atom is 0.223 e. The molecule has 1 N–H and O–H groups in total. The van der Waals surface area contributed by atoms with Crippen molar-refractivity contribution in [2.75, 3.05) is 13.2 Å². The van der Waals surface area contributed by atoms with Crippen LogP contribution in [-0.2, 0) is 16.1 Å². The van der Waals surface area contributed by atoms with Crippen molar-refractivity contribution in [2.45, 2.75) is 25.4 Å². The average molecular weight is 300 g/mol. The van der Waals surface area contributed by atoms with Crippen molar-refractivity contribution in [3.8, 4) is 0 Å². The first kappa shape index (κ1) is 14.7. The molecule has 3 rings (SSSR count). The van der Waals surface area contributed by atoms with E-state index in [9.17, 15) is 4.79 Å². The number of aromatic nitrogens is 3.